The van der Waals surface area contributed by atoms with E-state index in [0.29, 0.717) is 0 Å². The average molecular weight is 1010 g/mol. The summed E-state index contributed by atoms with van der Waals surface area (Å²) in [6.45, 7) is 24.7. The molecular formula is C56H82O16. The lowest BCUT2D eigenvalue weighted by atomic mass is 9.73. The number of hydrogen-bond acceptors (Lipinski definition) is 16. The van der Waals surface area contributed by atoms with Crippen molar-refractivity contribution in [3.8, 4) is 0 Å². The molecule has 0 aromatic rings. The van der Waals surface area contributed by atoms with Crippen LogP contribution in [0.15, 0.2) is 0 Å². The zero-order valence-electron chi connectivity index (χ0n) is 46.4. The fraction of sp³-hybridized carbons (Fsp3) is 0.714. The summed E-state index contributed by atoms with van der Waals surface area (Å²) in [5.74, 6) is -8.83. The number of carbonyl (C=O) groups excluding carboxylic acids is 16. The van der Waals surface area contributed by atoms with Crippen molar-refractivity contribution >= 4 is 92.5 Å². The minimum absolute atomic E-state index is 0.237. The summed E-state index contributed by atoms with van der Waals surface area (Å²) in [5, 5.41) is 0. The molecule has 0 unspecified atom stereocenters. The standard InChI is InChI=1S/C56H82O16/c1-33(57)49(3,4)35(59)19-21-37(61)51(7,8)39(63)23-25-41(65)53(11,12)43(67)27-29-45(69)55(15,16)47(71)31-32-48(72)56(17,18)46(70)30-28-44(68)54(13,14)42(66)26-24-40(64)52(9,10)38(62)22-20-36(60)50(5,6)34(2)58/h19-32H2,1-18H3. The van der Waals surface area contributed by atoms with E-state index < -0.39 is 163 Å². The third-order valence-corrected chi connectivity index (χ3v) is 15.6. The molecule has 0 bridgehead atoms. The summed E-state index contributed by atoms with van der Waals surface area (Å²) in [5.41, 5.74) is -12.2. The van der Waals surface area contributed by atoms with Crippen LogP contribution in [0.3, 0.4) is 0 Å². The van der Waals surface area contributed by atoms with Gasteiger partial charge in [0.25, 0.3) is 0 Å². The first-order chi connectivity index (χ1) is 32.2. The lowest BCUT2D eigenvalue weighted by Gasteiger charge is -2.26. The lowest BCUT2D eigenvalue weighted by molar-refractivity contribution is -0.145. The Morgan fingerprint density at radius 3 is 0.306 bits per heavy atom. The third-order valence-electron chi connectivity index (χ3n) is 15.6. The summed E-state index contributed by atoms with van der Waals surface area (Å²) in [6, 6.07) is 0. The Labute approximate surface area is 425 Å². The molecule has 0 atom stereocenters. The highest BCUT2D eigenvalue weighted by molar-refractivity contribution is 6.15. The number of hydrogen-bond donors (Lipinski definition) is 0. The molecule has 0 aromatic carbocycles. The Morgan fingerprint density at radius 1 is 0.167 bits per heavy atom. The quantitative estimate of drug-likeness (QED) is 0.0537. The van der Waals surface area contributed by atoms with Crippen molar-refractivity contribution in [1.29, 1.82) is 0 Å². The summed E-state index contributed by atoms with van der Waals surface area (Å²) >= 11 is 0. The highest BCUT2D eigenvalue weighted by Gasteiger charge is 2.44. The van der Waals surface area contributed by atoms with Crippen LogP contribution in [0.1, 0.15) is 215 Å². The summed E-state index contributed by atoms with van der Waals surface area (Å²) in [4.78, 5) is 207. The Morgan fingerprint density at radius 2 is 0.236 bits per heavy atom. The molecule has 402 valence electrons. The number of ketones is 16. The van der Waals surface area contributed by atoms with E-state index in [9.17, 15) is 76.7 Å². The van der Waals surface area contributed by atoms with E-state index >= 15 is 0 Å². The molecule has 0 aromatic heterocycles. The molecule has 0 saturated carbocycles. The third kappa shape index (κ3) is 16.6. The summed E-state index contributed by atoms with van der Waals surface area (Å²) in [6.07, 6.45) is -5.03. The van der Waals surface area contributed by atoms with Crippen LogP contribution in [0, 0.1) is 43.3 Å². The Hall–Kier alpha value is -5.28. The van der Waals surface area contributed by atoms with Gasteiger partial charge >= 0.3 is 0 Å². The minimum Gasteiger partial charge on any atom is -0.299 e. The molecule has 0 radical (unpaired) electrons. The topological polar surface area (TPSA) is 273 Å². The molecule has 72 heavy (non-hydrogen) atoms. The van der Waals surface area contributed by atoms with E-state index in [4.69, 9.17) is 0 Å². The van der Waals surface area contributed by atoms with E-state index in [1.165, 1.54) is 125 Å². The first kappa shape index (κ1) is 66.7. The van der Waals surface area contributed by atoms with Crippen LogP contribution < -0.4 is 0 Å². The van der Waals surface area contributed by atoms with Gasteiger partial charge in [-0.15, -0.1) is 0 Å². The predicted octanol–water partition coefficient (Wildman–Crippen LogP) is 7.80. The van der Waals surface area contributed by atoms with Crippen LogP contribution in [0.4, 0.5) is 0 Å². The van der Waals surface area contributed by atoms with Gasteiger partial charge < -0.3 is 0 Å². The summed E-state index contributed by atoms with van der Waals surface area (Å²) < 4.78 is 0. The van der Waals surface area contributed by atoms with Gasteiger partial charge in [0.05, 0.1) is 43.3 Å². The van der Waals surface area contributed by atoms with Crippen molar-refractivity contribution in [2.45, 2.75) is 215 Å². The SMILES string of the molecule is CC(=O)C(C)(C)C(=O)CCC(=O)C(C)(C)C(=O)CCC(=O)C(C)(C)C(=O)CCC(=O)C(C)(C)C(=O)CCC(=O)C(C)(C)C(=O)CCC(=O)C(C)(C)C(=O)CCC(=O)C(C)(C)C(=O)CCC(=O)C(C)(C)C(C)=O. The van der Waals surface area contributed by atoms with Crippen molar-refractivity contribution in [2.24, 2.45) is 43.3 Å². The highest BCUT2D eigenvalue weighted by Crippen LogP contribution is 2.33. The minimum atomic E-state index is -1.66. The van der Waals surface area contributed by atoms with Crippen LogP contribution >= 0.6 is 0 Å². The Bertz CT molecular complexity index is 2110. The van der Waals surface area contributed by atoms with Gasteiger partial charge in [-0.2, -0.15) is 0 Å². The maximum Gasteiger partial charge on any atom is 0.146 e. The van der Waals surface area contributed by atoms with Crippen molar-refractivity contribution in [1.82, 2.24) is 0 Å². The van der Waals surface area contributed by atoms with Gasteiger partial charge in [-0.3, -0.25) is 76.7 Å². The van der Waals surface area contributed by atoms with Gasteiger partial charge in [-0.25, -0.2) is 0 Å². The van der Waals surface area contributed by atoms with Gasteiger partial charge in [0, 0.05) is 89.9 Å². The molecule has 0 spiro atoms. The molecule has 0 amide bonds. The van der Waals surface area contributed by atoms with Crippen molar-refractivity contribution in [3.63, 3.8) is 0 Å². The molecule has 0 aliphatic heterocycles. The van der Waals surface area contributed by atoms with Gasteiger partial charge in [-0.05, 0) is 125 Å². The van der Waals surface area contributed by atoms with Crippen LogP contribution in [0.25, 0.3) is 0 Å². The zero-order chi connectivity index (χ0) is 57.1. The van der Waals surface area contributed by atoms with E-state index in [1.54, 1.807) is 0 Å². The monoisotopic (exact) mass is 1010 g/mol. The van der Waals surface area contributed by atoms with E-state index in [-0.39, 0.29) is 62.9 Å². The maximum atomic E-state index is 13.3. The van der Waals surface area contributed by atoms with Crippen LogP contribution in [-0.2, 0) is 76.7 Å². The van der Waals surface area contributed by atoms with Crippen LogP contribution in [0.2, 0.25) is 0 Å². The molecule has 0 saturated heterocycles. The highest BCUT2D eigenvalue weighted by atomic mass is 16.2. The predicted molar refractivity (Wildman–Crippen MR) is 266 cm³/mol. The molecule has 0 rings (SSSR count). The molecule has 0 N–H and O–H groups in total. The van der Waals surface area contributed by atoms with Crippen molar-refractivity contribution < 1.29 is 76.7 Å². The van der Waals surface area contributed by atoms with Gasteiger partial charge in [0.2, 0.25) is 0 Å². The van der Waals surface area contributed by atoms with Gasteiger partial charge in [0.15, 0.2) is 0 Å². The molecule has 0 aliphatic rings. The molecular weight excluding hydrogens is 929 g/mol. The second-order valence-electron chi connectivity index (χ2n) is 23.5. The van der Waals surface area contributed by atoms with E-state index in [1.807, 2.05) is 0 Å². The second-order valence-corrected chi connectivity index (χ2v) is 23.5. The molecule has 16 nitrogen and oxygen atoms in total. The van der Waals surface area contributed by atoms with Crippen LogP contribution in [-0.4, -0.2) is 92.5 Å². The van der Waals surface area contributed by atoms with Gasteiger partial charge in [0.1, 0.15) is 92.5 Å². The first-order valence-electron chi connectivity index (χ1n) is 24.7. The Kier molecular flexibility index (Phi) is 23.3. The zero-order valence-corrected chi connectivity index (χ0v) is 46.4. The largest absolute Gasteiger partial charge is 0.299 e. The Balaban J connectivity index is 5.33. The number of rotatable bonds is 37. The normalized spacial score (nSPS) is 12.9. The van der Waals surface area contributed by atoms with Crippen molar-refractivity contribution in [3.05, 3.63) is 0 Å². The molecule has 0 fully saturated rings. The van der Waals surface area contributed by atoms with Gasteiger partial charge in [-0.1, -0.05) is 0 Å². The fourth-order valence-corrected chi connectivity index (χ4v) is 7.29. The smallest absolute Gasteiger partial charge is 0.146 e. The maximum absolute atomic E-state index is 13.3. The number of carbonyl (C=O) groups is 16. The second kappa shape index (κ2) is 25.1. The average Bonchev–Trinajstić information content (AvgIpc) is 3.28. The first-order valence-corrected chi connectivity index (χ1v) is 24.7. The van der Waals surface area contributed by atoms with E-state index in [2.05, 4.69) is 0 Å². The lowest BCUT2D eigenvalue weighted by Crippen LogP contribution is -2.39. The summed E-state index contributed by atoms with van der Waals surface area (Å²) in [7, 11) is 0. The van der Waals surface area contributed by atoms with Crippen LogP contribution in [0.5, 0.6) is 0 Å². The van der Waals surface area contributed by atoms with Crippen molar-refractivity contribution in [2.75, 3.05) is 0 Å². The molecule has 0 heterocycles. The molecule has 0 aliphatic carbocycles. The van der Waals surface area contributed by atoms with E-state index in [0.717, 1.165) is 0 Å². The molecule has 16 heteroatoms. The fourth-order valence-electron chi connectivity index (χ4n) is 7.29. The number of Topliss-reactive ketones (excluding diaryl/α,β-unsaturated/α-hetero) is 16.